The molecule has 0 aliphatic carbocycles. The standard InChI is InChI=1S/2C9H20/c1-6-8(4)9(5)7(2)3;1-5-7-9(6-2)8(3)4/h7-9H,6H2,1-5H3;8-9H,5-7H2,1-4H3. The van der Waals surface area contributed by atoms with Gasteiger partial charge in [-0.15, -0.1) is 0 Å². The molecule has 0 nitrogen and oxygen atoms in total. The van der Waals surface area contributed by atoms with Gasteiger partial charge in [0, 0.05) is 0 Å². The van der Waals surface area contributed by atoms with Gasteiger partial charge in [0.2, 0.25) is 0 Å². The molecule has 3 atom stereocenters. The van der Waals surface area contributed by atoms with Gasteiger partial charge in [-0.1, -0.05) is 88.0 Å². The Kier molecular flexibility index (Phi) is 13.6. The van der Waals surface area contributed by atoms with Crippen LogP contribution in [-0.2, 0) is 0 Å². The Morgan fingerprint density at radius 3 is 1.28 bits per heavy atom. The van der Waals surface area contributed by atoms with Gasteiger partial charge in [0.15, 0.2) is 0 Å². The zero-order valence-electron chi connectivity index (χ0n) is 14.7. The van der Waals surface area contributed by atoms with Gasteiger partial charge in [-0.05, 0) is 29.6 Å². The van der Waals surface area contributed by atoms with Gasteiger partial charge < -0.3 is 0 Å². The normalized spacial score (nSPS) is 16.2. The summed E-state index contributed by atoms with van der Waals surface area (Å²) in [6.07, 6.45) is 5.43. The molecule has 0 amide bonds. The quantitative estimate of drug-likeness (QED) is 0.470. The van der Waals surface area contributed by atoms with Crippen LogP contribution in [0.15, 0.2) is 0 Å². The Bertz CT molecular complexity index is 151. The van der Waals surface area contributed by atoms with Crippen molar-refractivity contribution in [1.82, 2.24) is 0 Å². The van der Waals surface area contributed by atoms with E-state index in [2.05, 4.69) is 62.3 Å². The van der Waals surface area contributed by atoms with E-state index in [9.17, 15) is 0 Å². The summed E-state index contributed by atoms with van der Waals surface area (Å²) in [5.41, 5.74) is 0. The SMILES string of the molecule is CCC(C)C(C)C(C)C.CCCC(CC)C(C)C. The highest BCUT2D eigenvalue weighted by atomic mass is 14.2. The first kappa shape index (κ1) is 20.3. The molecule has 0 fully saturated rings. The van der Waals surface area contributed by atoms with Crippen molar-refractivity contribution >= 4 is 0 Å². The fourth-order valence-corrected chi connectivity index (χ4v) is 2.41. The van der Waals surface area contributed by atoms with Crippen molar-refractivity contribution in [1.29, 1.82) is 0 Å². The molecule has 0 bridgehead atoms. The van der Waals surface area contributed by atoms with Crippen molar-refractivity contribution in [2.45, 2.75) is 88.0 Å². The van der Waals surface area contributed by atoms with Gasteiger partial charge in [-0.25, -0.2) is 0 Å². The maximum atomic E-state index is 2.35. The first-order valence-electron chi connectivity index (χ1n) is 8.31. The second-order valence-corrected chi connectivity index (χ2v) is 6.69. The van der Waals surface area contributed by atoms with Gasteiger partial charge in [0.05, 0.1) is 0 Å². The van der Waals surface area contributed by atoms with Crippen LogP contribution in [0.4, 0.5) is 0 Å². The third-order valence-corrected chi connectivity index (χ3v) is 4.72. The van der Waals surface area contributed by atoms with Crippen LogP contribution >= 0.6 is 0 Å². The Morgan fingerprint density at radius 1 is 0.667 bits per heavy atom. The van der Waals surface area contributed by atoms with Gasteiger partial charge >= 0.3 is 0 Å². The van der Waals surface area contributed by atoms with Crippen molar-refractivity contribution in [2.75, 3.05) is 0 Å². The van der Waals surface area contributed by atoms with Crippen LogP contribution in [0.2, 0.25) is 0 Å². The van der Waals surface area contributed by atoms with Crippen molar-refractivity contribution in [2.24, 2.45) is 29.6 Å². The molecule has 0 heteroatoms. The van der Waals surface area contributed by atoms with E-state index in [-0.39, 0.29) is 0 Å². The summed E-state index contributed by atoms with van der Waals surface area (Å²) >= 11 is 0. The molecule has 0 aliphatic heterocycles. The van der Waals surface area contributed by atoms with Gasteiger partial charge in [0.1, 0.15) is 0 Å². The molecule has 0 saturated carbocycles. The van der Waals surface area contributed by atoms with E-state index in [1.54, 1.807) is 0 Å². The maximum absolute atomic E-state index is 2.35. The lowest BCUT2D eigenvalue weighted by Gasteiger charge is -2.21. The predicted octanol–water partition coefficient (Wildman–Crippen LogP) is 6.79. The smallest absolute Gasteiger partial charge is 0.0394 e. The van der Waals surface area contributed by atoms with E-state index in [0.29, 0.717) is 0 Å². The fourth-order valence-electron chi connectivity index (χ4n) is 2.41. The number of hydrogen-bond acceptors (Lipinski definition) is 0. The molecule has 0 aliphatic rings. The highest BCUT2D eigenvalue weighted by molar-refractivity contribution is 4.62. The average molecular weight is 257 g/mol. The van der Waals surface area contributed by atoms with E-state index < -0.39 is 0 Å². The molecule has 3 unspecified atom stereocenters. The predicted molar refractivity (Wildman–Crippen MR) is 87.0 cm³/mol. The Balaban J connectivity index is 0. The van der Waals surface area contributed by atoms with Gasteiger partial charge in [-0.2, -0.15) is 0 Å². The van der Waals surface area contributed by atoms with Crippen LogP contribution < -0.4 is 0 Å². The lowest BCUT2D eigenvalue weighted by Crippen LogP contribution is -2.12. The molecule has 0 saturated heterocycles. The monoisotopic (exact) mass is 256 g/mol. The third-order valence-electron chi connectivity index (χ3n) is 4.72. The van der Waals surface area contributed by atoms with Crippen LogP contribution in [0.5, 0.6) is 0 Å². The first-order valence-corrected chi connectivity index (χ1v) is 8.31. The topological polar surface area (TPSA) is 0 Å². The molecule has 0 aromatic carbocycles. The van der Waals surface area contributed by atoms with Crippen molar-refractivity contribution in [3.05, 3.63) is 0 Å². The highest BCUT2D eigenvalue weighted by Gasteiger charge is 2.12. The molecule has 0 spiro atoms. The summed E-state index contributed by atoms with van der Waals surface area (Å²) in [5, 5.41) is 0. The maximum Gasteiger partial charge on any atom is -0.0394 e. The summed E-state index contributed by atoms with van der Waals surface area (Å²) in [7, 11) is 0. The van der Waals surface area contributed by atoms with Crippen LogP contribution in [0.1, 0.15) is 88.0 Å². The lowest BCUT2D eigenvalue weighted by molar-refractivity contribution is 0.289. The average Bonchev–Trinajstić information content (AvgIpc) is 2.34. The van der Waals surface area contributed by atoms with Gasteiger partial charge in [-0.3, -0.25) is 0 Å². The van der Waals surface area contributed by atoms with Gasteiger partial charge in [0.25, 0.3) is 0 Å². The van der Waals surface area contributed by atoms with Crippen molar-refractivity contribution < 1.29 is 0 Å². The zero-order valence-corrected chi connectivity index (χ0v) is 14.7. The van der Waals surface area contributed by atoms with E-state index in [1.165, 1.54) is 25.7 Å². The Labute approximate surface area is 118 Å². The van der Waals surface area contributed by atoms with Crippen LogP contribution in [-0.4, -0.2) is 0 Å². The minimum absolute atomic E-state index is 0.847. The largest absolute Gasteiger partial charge is 0.0654 e. The number of hydrogen-bond donors (Lipinski definition) is 0. The minimum Gasteiger partial charge on any atom is -0.0654 e. The van der Waals surface area contributed by atoms with E-state index in [1.807, 2.05) is 0 Å². The fraction of sp³-hybridized carbons (Fsp3) is 1.00. The molecule has 0 radical (unpaired) electrons. The molecular weight excluding hydrogens is 216 g/mol. The van der Waals surface area contributed by atoms with Crippen LogP contribution in [0.3, 0.4) is 0 Å². The van der Waals surface area contributed by atoms with E-state index >= 15 is 0 Å². The van der Waals surface area contributed by atoms with Crippen molar-refractivity contribution in [3.63, 3.8) is 0 Å². The summed E-state index contributed by atoms with van der Waals surface area (Å²) in [6, 6.07) is 0. The zero-order chi connectivity index (χ0) is 14.7. The first-order chi connectivity index (χ1) is 8.31. The molecular formula is C18H40. The highest BCUT2D eigenvalue weighted by Crippen LogP contribution is 2.22. The number of rotatable bonds is 7. The van der Waals surface area contributed by atoms with Crippen LogP contribution in [0, 0.1) is 29.6 Å². The van der Waals surface area contributed by atoms with Crippen molar-refractivity contribution in [3.8, 4) is 0 Å². The second-order valence-electron chi connectivity index (χ2n) is 6.69. The molecule has 112 valence electrons. The second kappa shape index (κ2) is 12.1. The Morgan fingerprint density at radius 2 is 1.17 bits per heavy atom. The molecule has 0 aromatic heterocycles. The van der Waals surface area contributed by atoms with E-state index in [4.69, 9.17) is 0 Å². The molecule has 18 heavy (non-hydrogen) atoms. The third kappa shape index (κ3) is 9.97. The molecule has 0 heterocycles. The summed E-state index contributed by atoms with van der Waals surface area (Å²) in [5.74, 6) is 4.48. The summed E-state index contributed by atoms with van der Waals surface area (Å²) < 4.78 is 0. The lowest BCUT2D eigenvalue weighted by atomic mass is 9.85. The molecule has 0 N–H and O–H groups in total. The molecule has 0 aromatic rings. The van der Waals surface area contributed by atoms with Crippen LogP contribution in [0.25, 0.3) is 0 Å². The molecule has 0 rings (SSSR count). The summed E-state index contributed by atoms with van der Waals surface area (Å²) in [4.78, 5) is 0. The Hall–Kier alpha value is 0. The summed E-state index contributed by atoms with van der Waals surface area (Å²) in [6.45, 7) is 20.8. The van der Waals surface area contributed by atoms with E-state index in [0.717, 1.165) is 29.6 Å². The minimum atomic E-state index is 0.847.